The maximum absolute atomic E-state index is 12.3. The van der Waals surface area contributed by atoms with E-state index in [1.807, 2.05) is 55.5 Å². The van der Waals surface area contributed by atoms with Crippen LogP contribution in [0.1, 0.15) is 19.8 Å². The fraction of sp³-hybridized carbons (Fsp3) is 0.263. The Balaban J connectivity index is 1.58. The Morgan fingerprint density at radius 1 is 1.08 bits per heavy atom. The lowest BCUT2D eigenvalue weighted by molar-refractivity contribution is -0.117. The van der Waals surface area contributed by atoms with Crippen molar-refractivity contribution >= 4 is 44.8 Å². The van der Waals surface area contributed by atoms with Crippen LogP contribution in [0.15, 0.2) is 53.0 Å². The van der Waals surface area contributed by atoms with Crippen LogP contribution in [0.3, 0.4) is 0 Å². The van der Waals surface area contributed by atoms with Crippen LogP contribution in [0.4, 0.5) is 17.1 Å². The molecule has 0 aromatic heterocycles. The van der Waals surface area contributed by atoms with Gasteiger partial charge in [0.2, 0.25) is 11.8 Å². The molecule has 2 aromatic carbocycles. The maximum atomic E-state index is 12.3. The molecule has 0 radical (unpaired) electrons. The van der Waals surface area contributed by atoms with E-state index in [1.165, 1.54) is 0 Å². The first-order valence-electron chi connectivity index (χ1n) is 8.26. The Morgan fingerprint density at radius 3 is 2.32 bits per heavy atom. The van der Waals surface area contributed by atoms with Crippen molar-refractivity contribution in [3.05, 3.63) is 53.0 Å². The van der Waals surface area contributed by atoms with Crippen molar-refractivity contribution in [3.8, 4) is 0 Å². The summed E-state index contributed by atoms with van der Waals surface area (Å²) < 4.78 is 0.966. The first-order valence-corrected chi connectivity index (χ1v) is 9.05. The van der Waals surface area contributed by atoms with Gasteiger partial charge in [-0.15, -0.1) is 0 Å². The average molecular weight is 402 g/mol. The van der Waals surface area contributed by atoms with Gasteiger partial charge in [-0.1, -0.05) is 15.9 Å². The van der Waals surface area contributed by atoms with E-state index >= 15 is 0 Å². The smallest absolute Gasteiger partial charge is 0.246 e. The topological polar surface area (TPSA) is 61.4 Å². The molecule has 1 saturated heterocycles. The zero-order valence-electron chi connectivity index (χ0n) is 14.0. The highest BCUT2D eigenvalue weighted by molar-refractivity contribution is 9.10. The molecule has 1 aliphatic rings. The Hall–Kier alpha value is -2.34. The number of halogens is 1. The summed E-state index contributed by atoms with van der Waals surface area (Å²) >= 11 is 3.37. The minimum Gasteiger partial charge on any atom is -0.374 e. The molecule has 6 heteroatoms. The summed E-state index contributed by atoms with van der Waals surface area (Å²) in [6.07, 6.45) is 1.53. The molecule has 5 nitrogen and oxygen atoms in total. The highest BCUT2D eigenvalue weighted by Crippen LogP contribution is 2.23. The van der Waals surface area contributed by atoms with E-state index in [0.717, 1.165) is 34.5 Å². The van der Waals surface area contributed by atoms with Gasteiger partial charge in [-0.3, -0.25) is 9.59 Å². The van der Waals surface area contributed by atoms with Gasteiger partial charge in [0.05, 0.1) is 0 Å². The van der Waals surface area contributed by atoms with Gasteiger partial charge in [0, 0.05) is 34.5 Å². The Labute approximate surface area is 155 Å². The van der Waals surface area contributed by atoms with Crippen LogP contribution in [-0.4, -0.2) is 24.4 Å². The number of nitrogens with one attached hydrogen (secondary N) is 2. The quantitative estimate of drug-likeness (QED) is 0.795. The van der Waals surface area contributed by atoms with Crippen LogP contribution < -0.4 is 15.5 Å². The zero-order valence-corrected chi connectivity index (χ0v) is 15.5. The summed E-state index contributed by atoms with van der Waals surface area (Å²) in [5, 5.41) is 6.05. The molecular weight excluding hydrogens is 382 g/mol. The third-order valence-electron chi connectivity index (χ3n) is 4.14. The van der Waals surface area contributed by atoms with Gasteiger partial charge in [0.25, 0.3) is 0 Å². The van der Waals surface area contributed by atoms with Crippen molar-refractivity contribution in [1.29, 1.82) is 0 Å². The number of anilines is 3. The summed E-state index contributed by atoms with van der Waals surface area (Å²) in [7, 11) is 0. The van der Waals surface area contributed by atoms with Gasteiger partial charge in [-0.25, -0.2) is 0 Å². The molecule has 0 unspecified atom stereocenters. The van der Waals surface area contributed by atoms with Crippen LogP contribution in [0.2, 0.25) is 0 Å². The second-order valence-corrected chi connectivity index (χ2v) is 6.97. The predicted molar refractivity (Wildman–Crippen MR) is 104 cm³/mol. The fourth-order valence-corrected chi connectivity index (χ4v) is 3.02. The number of carbonyl (C=O) groups excluding carboxylic acids is 2. The van der Waals surface area contributed by atoms with E-state index in [9.17, 15) is 9.59 Å². The molecule has 1 heterocycles. The first-order chi connectivity index (χ1) is 12.0. The highest BCUT2D eigenvalue weighted by atomic mass is 79.9. The molecule has 1 aliphatic heterocycles. The number of rotatable bonds is 5. The van der Waals surface area contributed by atoms with E-state index in [4.69, 9.17) is 0 Å². The van der Waals surface area contributed by atoms with Crippen molar-refractivity contribution in [2.24, 2.45) is 0 Å². The van der Waals surface area contributed by atoms with Crippen LogP contribution in [0.25, 0.3) is 0 Å². The van der Waals surface area contributed by atoms with Gasteiger partial charge < -0.3 is 15.5 Å². The Kier molecular flexibility index (Phi) is 5.38. The van der Waals surface area contributed by atoms with Crippen molar-refractivity contribution in [1.82, 2.24) is 0 Å². The molecule has 0 saturated carbocycles. The SMILES string of the molecule is C[C@@H](Nc1ccc(N2CCCC2=O)cc1)C(=O)Nc1ccc(Br)cc1. The lowest BCUT2D eigenvalue weighted by atomic mass is 10.2. The molecule has 2 amide bonds. The normalized spacial score (nSPS) is 15.1. The van der Waals surface area contributed by atoms with Gasteiger partial charge >= 0.3 is 0 Å². The van der Waals surface area contributed by atoms with Crippen LogP contribution in [0, 0.1) is 0 Å². The minimum atomic E-state index is -0.386. The summed E-state index contributed by atoms with van der Waals surface area (Å²) in [4.78, 5) is 25.9. The van der Waals surface area contributed by atoms with Gasteiger partial charge in [-0.2, -0.15) is 0 Å². The molecule has 2 aromatic rings. The maximum Gasteiger partial charge on any atom is 0.246 e. The summed E-state index contributed by atoms with van der Waals surface area (Å²) in [6, 6.07) is 14.7. The molecule has 0 spiro atoms. The second-order valence-electron chi connectivity index (χ2n) is 6.06. The summed E-state index contributed by atoms with van der Waals surface area (Å²) in [5.41, 5.74) is 2.50. The van der Waals surface area contributed by atoms with Gasteiger partial charge in [0.15, 0.2) is 0 Å². The molecule has 2 N–H and O–H groups in total. The molecule has 130 valence electrons. The van der Waals surface area contributed by atoms with E-state index in [1.54, 1.807) is 4.90 Å². The zero-order chi connectivity index (χ0) is 17.8. The molecule has 25 heavy (non-hydrogen) atoms. The van der Waals surface area contributed by atoms with E-state index < -0.39 is 0 Å². The molecule has 1 fully saturated rings. The number of benzene rings is 2. The Bertz CT molecular complexity index is 759. The van der Waals surface area contributed by atoms with Crippen LogP contribution in [0.5, 0.6) is 0 Å². The number of hydrogen-bond acceptors (Lipinski definition) is 3. The Morgan fingerprint density at radius 2 is 1.72 bits per heavy atom. The largest absolute Gasteiger partial charge is 0.374 e. The standard InChI is InChI=1S/C19H20BrN3O2/c1-13(19(25)22-16-6-4-14(20)5-7-16)21-15-8-10-17(11-9-15)23-12-2-3-18(23)24/h4-11,13,21H,2-3,12H2,1H3,(H,22,25)/t13-/m1/s1. The fourth-order valence-electron chi connectivity index (χ4n) is 2.76. The first kappa shape index (κ1) is 17.5. The lowest BCUT2D eigenvalue weighted by Gasteiger charge is -2.18. The molecule has 0 bridgehead atoms. The average Bonchev–Trinajstić information content (AvgIpc) is 3.03. The van der Waals surface area contributed by atoms with Crippen LogP contribution in [-0.2, 0) is 9.59 Å². The number of amides is 2. The van der Waals surface area contributed by atoms with Crippen LogP contribution >= 0.6 is 15.9 Å². The summed E-state index contributed by atoms with van der Waals surface area (Å²) in [5.74, 6) is 0.0593. The van der Waals surface area contributed by atoms with E-state index in [0.29, 0.717) is 6.42 Å². The van der Waals surface area contributed by atoms with Gasteiger partial charge in [-0.05, 0) is 61.9 Å². The molecule has 1 atom stereocenters. The minimum absolute atomic E-state index is 0.110. The summed E-state index contributed by atoms with van der Waals surface area (Å²) in [6.45, 7) is 2.59. The number of nitrogens with zero attached hydrogens (tertiary/aromatic N) is 1. The lowest BCUT2D eigenvalue weighted by Crippen LogP contribution is -2.31. The monoisotopic (exact) mass is 401 g/mol. The molecular formula is C19H20BrN3O2. The third kappa shape index (κ3) is 4.39. The van der Waals surface area contributed by atoms with Crippen molar-refractivity contribution in [2.75, 3.05) is 22.1 Å². The van der Waals surface area contributed by atoms with Gasteiger partial charge in [0.1, 0.15) is 6.04 Å². The predicted octanol–water partition coefficient (Wildman–Crippen LogP) is 4.02. The van der Waals surface area contributed by atoms with Crippen molar-refractivity contribution in [3.63, 3.8) is 0 Å². The van der Waals surface area contributed by atoms with E-state index in [-0.39, 0.29) is 17.9 Å². The molecule has 0 aliphatic carbocycles. The van der Waals surface area contributed by atoms with Crippen molar-refractivity contribution in [2.45, 2.75) is 25.8 Å². The highest BCUT2D eigenvalue weighted by Gasteiger charge is 2.21. The number of hydrogen-bond donors (Lipinski definition) is 2. The van der Waals surface area contributed by atoms with E-state index in [2.05, 4.69) is 26.6 Å². The second kappa shape index (κ2) is 7.70. The number of carbonyl (C=O) groups is 2. The molecule has 3 rings (SSSR count). The third-order valence-corrected chi connectivity index (χ3v) is 4.67. The van der Waals surface area contributed by atoms with Crippen molar-refractivity contribution < 1.29 is 9.59 Å².